The summed E-state index contributed by atoms with van der Waals surface area (Å²) in [5.74, 6) is 1.27. The molecule has 2 aromatic heterocycles. The highest BCUT2D eigenvalue weighted by molar-refractivity contribution is 7.07. The second-order valence-electron chi connectivity index (χ2n) is 8.74. The molecule has 0 fully saturated rings. The van der Waals surface area contributed by atoms with Crippen molar-refractivity contribution in [3.05, 3.63) is 107 Å². The van der Waals surface area contributed by atoms with Crippen LogP contribution in [0.25, 0.3) is 17.4 Å². The first-order chi connectivity index (χ1) is 18.3. The number of thiazole rings is 1. The van der Waals surface area contributed by atoms with Gasteiger partial charge in [-0.2, -0.15) is 0 Å². The normalized spacial score (nSPS) is 15.3. The minimum absolute atomic E-state index is 0.206. The number of furan rings is 1. The molecule has 0 aliphatic carbocycles. The quantitative estimate of drug-likeness (QED) is 0.316. The molecule has 3 heterocycles. The van der Waals surface area contributed by atoms with Gasteiger partial charge in [0, 0.05) is 16.7 Å². The van der Waals surface area contributed by atoms with Crippen LogP contribution in [-0.2, 0) is 9.53 Å². The maximum Gasteiger partial charge on any atom is 0.338 e. The third kappa shape index (κ3) is 4.73. The summed E-state index contributed by atoms with van der Waals surface area (Å²) in [6.07, 6.45) is 1.69. The van der Waals surface area contributed by atoms with E-state index in [0.717, 1.165) is 11.1 Å². The molecule has 0 saturated heterocycles. The number of ether oxygens (including phenoxy) is 2. The van der Waals surface area contributed by atoms with Crippen molar-refractivity contribution < 1.29 is 18.7 Å². The molecule has 0 saturated carbocycles. The molecule has 7 nitrogen and oxygen atoms in total. The van der Waals surface area contributed by atoms with Crippen molar-refractivity contribution in [2.75, 3.05) is 13.7 Å². The fourth-order valence-corrected chi connectivity index (χ4v) is 5.68. The Labute approximate surface area is 227 Å². The van der Waals surface area contributed by atoms with E-state index in [2.05, 4.69) is 4.99 Å². The number of carbonyl (C=O) groups excluding carboxylic acids is 1. The number of fused-ring (bicyclic) bond motifs is 1. The zero-order chi connectivity index (χ0) is 27.0. The lowest BCUT2D eigenvalue weighted by atomic mass is 9.95. The highest BCUT2D eigenvalue weighted by atomic mass is 35.5. The van der Waals surface area contributed by atoms with Gasteiger partial charge in [-0.05, 0) is 68.3 Å². The first-order valence-corrected chi connectivity index (χ1v) is 13.2. The Bertz CT molecular complexity index is 1760. The van der Waals surface area contributed by atoms with Gasteiger partial charge in [0.15, 0.2) is 4.80 Å². The Morgan fingerprint density at radius 2 is 2.00 bits per heavy atom. The molecule has 0 unspecified atom stereocenters. The molecule has 4 aromatic rings. The molecule has 194 valence electrons. The third-order valence-corrected chi connectivity index (χ3v) is 7.51. The lowest BCUT2D eigenvalue weighted by Gasteiger charge is -2.24. The van der Waals surface area contributed by atoms with E-state index in [1.165, 1.54) is 15.9 Å². The summed E-state index contributed by atoms with van der Waals surface area (Å²) in [5, 5.41) is 0.613. The zero-order valence-corrected chi connectivity index (χ0v) is 22.9. The van der Waals surface area contributed by atoms with E-state index < -0.39 is 12.0 Å². The van der Waals surface area contributed by atoms with Crippen molar-refractivity contribution in [3.8, 4) is 17.1 Å². The Kier molecular flexibility index (Phi) is 7.10. The second kappa shape index (κ2) is 10.5. The maximum atomic E-state index is 13.8. The fraction of sp³-hybridized carbons (Fsp3) is 0.207. The number of halogens is 1. The first kappa shape index (κ1) is 25.8. The topological polar surface area (TPSA) is 83.0 Å². The van der Waals surface area contributed by atoms with Gasteiger partial charge in [-0.15, -0.1) is 0 Å². The number of hydrogen-bond acceptors (Lipinski definition) is 7. The molecule has 5 rings (SSSR count). The van der Waals surface area contributed by atoms with E-state index in [9.17, 15) is 9.59 Å². The summed E-state index contributed by atoms with van der Waals surface area (Å²) >= 11 is 7.42. The zero-order valence-electron chi connectivity index (χ0n) is 21.3. The van der Waals surface area contributed by atoms with Crippen LogP contribution < -0.4 is 19.6 Å². The standard InChI is InChI=1S/C29H25ClN2O5S/c1-5-36-28(34)25-17(3)31-29-32(26(25)18-7-6-8-20(13-18)35-4)27(33)24(38-29)15-21-11-12-23(37-21)22-14-19(30)10-9-16(22)2/h6-15,26H,5H2,1-4H3/b24-15-/t26-/m1/s1. The third-order valence-electron chi connectivity index (χ3n) is 6.29. The highest BCUT2D eigenvalue weighted by Crippen LogP contribution is 2.32. The number of aromatic nitrogens is 1. The fourth-order valence-electron chi connectivity index (χ4n) is 4.48. The van der Waals surface area contributed by atoms with E-state index in [1.807, 2.05) is 61.5 Å². The summed E-state index contributed by atoms with van der Waals surface area (Å²) in [6.45, 7) is 5.68. The molecule has 1 aliphatic heterocycles. The van der Waals surface area contributed by atoms with E-state index >= 15 is 0 Å². The average Bonchev–Trinajstić information content (AvgIpc) is 3.49. The molecule has 1 aliphatic rings. The number of carbonyl (C=O) groups is 1. The number of aryl methyl sites for hydroxylation is 1. The van der Waals surface area contributed by atoms with Gasteiger partial charge < -0.3 is 13.9 Å². The van der Waals surface area contributed by atoms with Crippen LogP contribution in [0.15, 0.2) is 80.1 Å². The van der Waals surface area contributed by atoms with Gasteiger partial charge in [0.1, 0.15) is 17.3 Å². The van der Waals surface area contributed by atoms with Gasteiger partial charge >= 0.3 is 5.97 Å². The molecule has 0 bridgehead atoms. The number of benzene rings is 2. The van der Waals surface area contributed by atoms with Crippen molar-refractivity contribution in [3.63, 3.8) is 0 Å². The predicted molar refractivity (Wildman–Crippen MR) is 147 cm³/mol. The van der Waals surface area contributed by atoms with Crippen molar-refractivity contribution in [2.24, 2.45) is 4.99 Å². The lowest BCUT2D eigenvalue weighted by Crippen LogP contribution is -2.39. The number of hydrogen-bond donors (Lipinski definition) is 0. The van der Waals surface area contributed by atoms with Crippen molar-refractivity contribution in [1.29, 1.82) is 0 Å². The van der Waals surface area contributed by atoms with Gasteiger partial charge in [-0.1, -0.05) is 41.1 Å². The van der Waals surface area contributed by atoms with Crippen molar-refractivity contribution in [2.45, 2.75) is 26.8 Å². The van der Waals surface area contributed by atoms with Gasteiger partial charge in [-0.3, -0.25) is 9.36 Å². The molecule has 9 heteroatoms. The summed E-state index contributed by atoms with van der Waals surface area (Å²) in [4.78, 5) is 31.9. The molecule has 0 N–H and O–H groups in total. The van der Waals surface area contributed by atoms with Gasteiger partial charge in [0.05, 0.1) is 35.6 Å². The average molecular weight is 549 g/mol. The number of rotatable bonds is 6. The molecular formula is C29H25ClN2O5S. The molecule has 1 atom stereocenters. The van der Waals surface area contributed by atoms with Crippen LogP contribution in [0.2, 0.25) is 5.02 Å². The largest absolute Gasteiger partial charge is 0.497 e. The van der Waals surface area contributed by atoms with Crippen LogP contribution in [0.1, 0.15) is 36.8 Å². The lowest BCUT2D eigenvalue weighted by molar-refractivity contribution is -0.139. The second-order valence-corrected chi connectivity index (χ2v) is 10.2. The summed E-state index contributed by atoms with van der Waals surface area (Å²) in [7, 11) is 1.57. The van der Waals surface area contributed by atoms with Crippen LogP contribution in [0.4, 0.5) is 0 Å². The smallest absolute Gasteiger partial charge is 0.338 e. The Morgan fingerprint density at radius 3 is 2.76 bits per heavy atom. The van der Waals surface area contributed by atoms with Crippen LogP contribution in [-0.4, -0.2) is 24.3 Å². The summed E-state index contributed by atoms with van der Waals surface area (Å²) < 4.78 is 18.8. The van der Waals surface area contributed by atoms with E-state index in [1.54, 1.807) is 27.0 Å². The number of nitrogens with zero attached hydrogens (tertiary/aromatic N) is 2. The number of allylic oxidation sites excluding steroid dienone is 1. The van der Waals surface area contributed by atoms with Crippen LogP contribution >= 0.6 is 22.9 Å². The van der Waals surface area contributed by atoms with Crippen molar-refractivity contribution >= 4 is 35.0 Å². The predicted octanol–water partition coefficient (Wildman–Crippen LogP) is 5.03. The van der Waals surface area contributed by atoms with Crippen molar-refractivity contribution in [1.82, 2.24) is 4.57 Å². The number of esters is 1. The van der Waals surface area contributed by atoms with E-state index in [0.29, 0.717) is 48.5 Å². The number of methoxy groups -OCH3 is 1. The van der Waals surface area contributed by atoms with Crippen LogP contribution in [0.3, 0.4) is 0 Å². The first-order valence-electron chi connectivity index (χ1n) is 12.0. The van der Waals surface area contributed by atoms with Crippen LogP contribution in [0, 0.1) is 6.92 Å². The highest BCUT2D eigenvalue weighted by Gasteiger charge is 2.33. The molecule has 0 spiro atoms. The minimum Gasteiger partial charge on any atom is -0.497 e. The Balaban J connectivity index is 1.65. The van der Waals surface area contributed by atoms with Gasteiger partial charge in [-0.25, -0.2) is 9.79 Å². The molecule has 2 aromatic carbocycles. The SMILES string of the molecule is CCOC(=O)C1=C(C)N=c2s/c(=C\c3ccc(-c4cc(Cl)ccc4C)o3)c(=O)n2[C@@H]1c1cccc(OC)c1. The summed E-state index contributed by atoms with van der Waals surface area (Å²) in [6, 6.07) is 15.8. The molecular weight excluding hydrogens is 524 g/mol. The van der Waals surface area contributed by atoms with Gasteiger partial charge in [0.2, 0.25) is 0 Å². The van der Waals surface area contributed by atoms with Gasteiger partial charge in [0.25, 0.3) is 5.56 Å². The Hall–Kier alpha value is -3.88. The molecule has 0 radical (unpaired) electrons. The summed E-state index contributed by atoms with van der Waals surface area (Å²) in [5.41, 5.74) is 3.15. The monoisotopic (exact) mass is 548 g/mol. The van der Waals surface area contributed by atoms with E-state index in [-0.39, 0.29) is 12.2 Å². The minimum atomic E-state index is -0.719. The van der Waals surface area contributed by atoms with E-state index in [4.69, 9.17) is 25.5 Å². The molecule has 0 amide bonds. The molecule has 38 heavy (non-hydrogen) atoms. The Morgan fingerprint density at radius 1 is 1.18 bits per heavy atom. The maximum absolute atomic E-state index is 13.8. The van der Waals surface area contributed by atoms with Crippen LogP contribution in [0.5, 0.6) is 5.75 Å².